The van der Waals surface area contributed by atoms with E-state index in [1.807, 2.05) is 0 Å². The molecule has 1 saturated heterocycles. The van der Waals surface area contributed by atoms with Gasteiger partial charge in [-0.2, -0.15) is 0 Å². The SMILES string of the molecule is O=C(c1cc2ncccc2o1)N1CCOCC1. The second kappa shape index (κ2) is 4.18. The van der Waals surface area contributed by atoms with Crippen molar-refractivity contribution in [2.75, 3.05) is 26.3 Å². The number of carbonyl (C=O) groups is 1. The molecule has 5 nitrogen and oxygen atoms in total. The third kappa shape index (κ3) is 1.89. The lowest BCUT2D eigenvalue weighted by Crippen LogP contribution is -2.40. The van der Waals surface area contributed by atoms with Gasteiger partial charge < -0.3 is 14.1 Å². The molecule has 2 aromatic rings. The predicted octanol–water partition coefficient (Wildman–Crippen LogP) is 1.30. The molecule has 5 heteroatoms. The summed E-state index contributed by atoms with van der Waals surface area (Å²) < 4.78 is 10.7. The number of fused-ring (bicyclic) bond motifs is 1. The van der Waals surface area contributed by atoms with Gasteiger partial charge in [-0.1, -0.05) is 0 Å². The van der Waals surface area contributed by atoms with Crippen LogP contribution in [0.4, 0.5) is 0 Å². The Kier molecular flexibility index (Phi) is 2.53. The zero-order valence-corrected chi connectivity index (χ0v) is 9.26. The first-order valence-corrected chi connectivity index (χ1v) is 5.56. The second-order valence-corrected chi connectivity index (χ2v) is 3.90. The number of carbonyl (C=O) groups excluding carboxylic acids is 1. The molecule has 88 valence electrons. The van der Waals surface area contributed by atoms with Gasteiger partial charge in [0.25, 0.3) is 5.91 Å². The van der Waals surface area contributed by atoms with Crippen LogP contribution in [0.1, 0.15) is 10.6 Å². The zero-order valence-electron chi connectivity index (χ0n) is 9.26. The topological polar surface area (TPSA) is 55.6 Å². The molecule has 1 amide bonds. The van der Waals surface area contributed by atoms with Crippen molar-refractivity contribution in [1.82, 2.24) is 9.88 Å². The lowest BCUT2D eigenvalue weighted by atomic mass is 10.3. The van der Waals surface area contributed by atoms with Gasteiger partial charge in [0.2, 0.25) is 0 Å². The number of nitrogens with zero attached hydrogens (tertiary/aromatic N) is 2. The fraction of sp³-hybridized carbons (Fsp3) is 0.333. The Balaban J connectivity index is 1.89. The molecule has 0 spiro atoms. The monoisotopic (exact) mass is 232 g/mol. The normalized spacial score (nSPS) is 16.4. The summed E-state index contributed by atoms with van der Waals surface area (Å²) in [7, 11) is 0. The van der Waals surface area contributed by atoms with Gasteiger partial charge in [-0.05, 0) is 12.1 Å². The van der Waals surface area contributed by atoms with Gasteiger partial charge in [-0.3, -0.25) is 9.78 Å². The third-order valence-corrected chi connectivity index (χ3v) is 2.80. The van der Waals surface area contributed by atoms with E-state index >= 15 is 0 Å². The Morgan fingerprint density at radius 2 is 2.18 bits per heavy atom. The summed E-state index contributed by atoms with van der Waals surface area (Å²) in [6, 6.07) is 5.28. The minimum Gasteiger partial charge on any atom is -0.449 e. The van der Waals surface area contributed by atoms with Crippen LogP contribution >= 0.6 is 0 Å². The number of aromatic nitrogens is 1. The number of hydrogen-bond donors (Lipinski definition) is 0. The highest BCUT2D eigenvalue weighted by Gasteiger charge is 2.21. The van der Waals surface area contributed by atoms with Gasteiger partial charge in [0.1, 0.15) is 5.52 Å². The fourth-order valence-electron chi connectivity index (χ4n) is 1.90. The van der Waals surface area contributed by atoms with Crippen LogP contribution in [0.5, 0.6) is 0 Å². The molecule has 2 aromatic heterocycles. The quantitative estimate of drug-likeness (QED) is 0.743. The predicted molar refractivity (Wildman–Crippen MR) is 60.7 cm³/mol. The maximum absolute atomic E-state index is 12.1. The van der Waals surface area contributed by atoms with Crippen LogP contribution in [0.15, 0.2) is 28.8 Å². The molecule has 0 atom stereocenters. The molecule has 0 radical (unpaired) electrons. The summed E-state index contributed by atoms with van der Waals surface area (Å²) in [5.74, 6) is 0.256. The van der Waals surface area contributed by atoms with Gasteiger partial charge >= 0.3 is 0 Å². The van der Waals surface area contributed by atoms with Gasteiger partial charge in [0, 0.05) is 25.4 Å². The summed E-state index contributed by atoms with van der Waals surface area (Å²) in [5, 5.41) is 0. The van der Waals surface area contributed by atoms with E-state index in [4.69, 9.17) is 9.15 Å². The number of pyridine rings is 1. The molecule has 0 aromatic carbocycles. The maximum Gasteiger partial charge on any atom is 0.289 e. The number of hydrogen-bond acceptors (Lipinski definition) is 4. The third-order valence-electron chi connectivity index (χ3n) is 2.80. The van der Waals surface area contributed by atoms with Crippen molar-refractivity contribution in [2.45, 2.75) is 0 Å². The Labute approximate surface area is 98.0 Å². The summed E-state index contributed by atoms with van der Waals surface area (Å²) in [6.07, 6.45) is 1.68. The van der Waals surface area contributed by atoms with Crippen LogP contribution in [-0.4, -0.2) is 42.1 Å². The Morgan fingerprint density at radius 1 is 1.35 bits per heavy atom. The van der Waals surface area contributed by atoms with Gasteiger partial charge in [-0.25, -0.2) is 0 Å². The maximum atomic E-state index is 12.1. The van der Waals surface area contributed by atoms with E-state index in [-0.39, 0.29) is 5.91 Å². The Bertz CT molecular complexity index is 510. The van der Waals surface area contributed by atoms with Crippen LogP contribution in [0, 0.1) is 0 Å². The number of morpholine rings is 1. The molecule has 17 heavy (non-hydrogen) atoms. The van der Waals surface area contributed by atoms with E-state index in [2.05, 4.69) is 4.98 Å². The van der Waals surface area contributed by atoms with Crippen molar-refractivity contribution >= 4 is 17.0 Å². The first-order valence-electron chi connectivity index (χ1n) is 5.56. The highest BCUT2D eigenvalue weighted by molar-refractivity contribution is 5.95. The smallest absolute Gasteiger partial charge is 0.289 e. The number of amides is 1. The molecular formula is C12H12N2O3. The largest absolute Gasteiger partial charge is 0.449 e. The molecule has 0 unspecified atom stereocenters. The first-order chi connectivity index (χ1) is 8.34. The average Bonchev–Trinajstić information content (AvgIpc) is 2.82. The van der Waals surface area contributed by atoms with E-state index in [9.17, 15) is 4.79 Å². The molecule has 1 aliphatic rings. The Morgan fingerprint density at radius 3 is 2.94 bits per heavy atom. The molecule has 0 aliphatic carbocycles. The van der Waals surface area contributed by atoms with Gasteiger partial charge in [0.15, 0.2) is 11.3 Å². The van der Waals surface area contributed by atoms with Crippen molar-refractivity contribution < 1.29 is 13.9 Å². The van der Waals surface area contributed by atoms with Crippen molar-refractivity contribution in [3.8, 4) is 0 Å². The van der Waals surface area contributed by atoms with Crippen molar-refractivity contribution in [2.24, 2.45) is 0 Å². The molecule has 3 rings (SSSR count). The summed E-state index contributed by atoms with van der Waals surface area (Å²) in [6.45, 7) is 2.40. The van der Waals surface area contributed by atoms with Crippen LogP contribution in [0.3, 0.4) is 0 Å². The highest BCUT2D eigenvalue weighted by Crippen LogP contribution is 2.18. The molecule has 3 heterocycles. The van der Waals surface area contributed by atoms with Crippen LogP contribution in [-0.2, 0) is 4.74 Å². The second-order valence-electron chi connectivity index (χ2n) is 3.90. The zero-order chi connectivity index (χ0) is 11.7. The molecular weight excluding hydrogens is 220 g/mol. The summed E-state index contributed by atoms with van der Waals surface area (Å²) >= 11 is 0. The van der Waals surface area contributed by atoms with E-state index in [1.165, 1.54) is 0 Å². The number of ether oxygens (including phenoxy) is 1. The van der Waals surface area contributed by atoms with E-state index in [0.717, 1.165) is 0 Å². The van der Waals surface area contributed by atoms with Gasteiger partial charge in [0.05, 0.1) is 13.2 Å². The van der Waals surface area contributed by atoms with E-state index in [0.29, 0.717) is 43.2 Å². The standard InChI is InChI=1S/C12H12N2O3/c15-12(14-4-6-16-7-5-14)11-8-9-10(17-11)2-1-3-13-9/h1-3,8H,4-7H2. The summed E-state index contributed by atoms with van der Waals surface area (Å²) in [5.41, 5.74) is 1.35. The minimum atomic E-state index is -0.0914. The van der Waals surface area contributed by atoms with Crippen LogP contribution in [0.25, 0.3) is 11.1 Å². The van der Waals surface area contributed by atoms with E-state index < -0.39 is 0 Å². The highest BCUT2D eigenvalue weighted by atomic mass is 16.5. The Hall–Kier alpha value is -1.88. The van der Waals surface area contributed by atoms with Gasteiger partial charge in [-0.15, -0.1) is 0 Å². The first kappa shape index (κ1) is 10.3. The lowest BCUT2D eigenvalue weighted by Gasteiger charge is -2.25. The lowest BCUT2D eigenvalue weighted by molar-refractivity contribution is 0.0284. The number of furan rings is 1. The molecule has 0 bridgehead atoms. The number of rotatable bonds is 1. The minimum absolute atomic E-state index is 0.0914. The van der Waals surface area contributed by atoms with Crippen molar-refractivity contribution in [3.63, 3.8) is 0 Å². The van der Waals surface area contributed by atoms with Crippen LogP contribution < -0.4 is 0 Å². The summed E-state index contributed by atoms with van der Waals surface area (Å²) in [4.78, 5) is 18.0. The van der Waals surface area contributed by atoms with Crippen molar-refractivity contribution in [3.05, 3.63) is 30.2 Å². The molecule has 1 fully saturated rings. The molecule has 0 saturated carbocycles. The van der Waals surface area contributed by atoms with Crippen LogP contribution in [0.2, 0.25) is 0 Å². The molecule has 0 N–H and O–H groups in total. The molecule has 1 aliphatic heterocycles. The van der Waals surface area contributed by atoms with E-state index in [1.54, 1.807) is 29.3 Å². The van der Waals surface area contributed by atoms with Crippen molar-refractivity contribution in [1.29, 1.82) is 0 Å². The fourth-order valence-corrected chi connectivity index (χ4v) is 1.90. The average molecular weight is 232 g/mol.